The first kappa shape index (κ1) is 18.4. The highest BCUT2D eigenvalue weighted by atomic mass is 32.2. The van der Waals surface area contributed by atoms with E-state index >= 15 is 0 Å². The van der Waals surface area contributed by atoms with Gasteiger partial charge < -0.3 is 5.32 Å². The predicted molar refractivity (Wildman–Crippen MR) is 95.9 cm³/mol. The lowest BCUT2D eigenvalue weighted by atomic mass is 9.97. The Hall–Kier alpha value is -1.92. The van der Waals surface area contributed by atoms with Crippen LogP contribution in [0.3, 0.4) is 0 Å². The molecule has 0 spiro atoms. The van der Waals surface area contributed by atoms with Gasteiger partial charge in [0.2, 0.25) is 15.9 Å². The highest BCUT2D eigenvalue weighted by Crippen LogP contribution is 2.19. The largest absolute Gasteiger partial charge is 0.352 e. The van der Waals surface area contributed by atoms with Crippen molar-refractivity contribution >= 4 is 22.0 Å². The third-order valence-corrected chi connectivity index (χ3v) is 5.45. The van der Waals surface area contributed by atoms with E-state index in [0.717, 1.165) is 24.8 Å². The summed E-state index contributed by atoms with van der Waals surface area (Å²) in [6.07, 6.45) is 11.2. The van der Waals surface area contributed by atoms with Crippen LogP contribution in [0.1, 0.15) is 37.7 Å². The monoisotopic (exact) mass is 348 g/mol. The molecule has 0 bridgehead atoms. The normalized spacial score (nSPS) is 15.3. The van der Waals surface area contributed by atoms with Crippen LogP contribution in [-0.4, -0.2) is 27.9 Å². The summed E-state index contributed by atoms with van der Waals surface area (Å²) in [4.78, 5) is 12.0. The maximum Gasteiger partial charge on any atom is 0.244 e. The number of hydrogen-bond acceptors (Lipinski definition) is 3. The Morgan fingerprint density at radius 2 is 1.96 bits per heavy atom. The van der Waals surface area contributed by atoms with E-state index < -0.39 is 10.0 Å². The summed E-state index contributed by atoms with van der Waals surface area (Å²) in [5.41, 5.74) is 2.21. The topological polar surface area (TPSA) is 75.3 Å². The first-order chi connectivity index (χ1) is 11.5. The Kier molecular flexibility index (Phi) is 6.75. The van der Waals surface area contributed by atoms with E-state index in [0.29, 0.717) is 6.54 Å². The maximum atomic E-state index is 11.8. The molecular weight excluding hydrogens is 324 g/mol. The van der Waals surface area contributed by atoms with Crippen LogP contribution in [0.15, 0.2) is 46.9 Å². The van der Waals surface area contributed by atoms with Crippen LogP contribution in [0.2, 0.25) is 0 Å². The Morgan fingerprint density at radius 3 is 2.58 bits per heavy atom. The second-order valence-corrected chi connectivity index (χ2v) is 7.65. The Bertz CT molecular complexity index is 719. The zero-order valence-corrected chi connectivity index (χ0v) is 14.7. The van der Waals surface area contributed by atoms with E-state index in [9.17, 15) is 13.2 Å². The average Bonchev–Trinajstić information content (AvgIpc) is 2.61. The molecule has 2 rings (SSSR count). The molecule has 0 aromatic heterocycles. The van der Waals surface area contributed by atoms with E-state index in [1.54, 1.807) is 18.2 Å². The van der Waals surface area contributed by atoms with Crippen molar-refractivity contribution in [3.8, 4) is 0 Å². The summed E-state index contributed by atoms with van der Waals surface area (Å²) in [6.45, 7) is 0.647. The lowest BCUT2D eigenvalue weighted by Gasteiger charge is -2.12. The molecule has 1 amide bonds. The highest BCUT2D eigenvalue weighted by Gasteiger charge is 2.09. The molecule has 0 atom stereocenters. The van der Waals surface area contributed by atoms with Gasteiger partial charge in [0.1, 0.15) is 0 Å². The van der Waals surface area contributed by atoms with Crippen LogP contribution in [0.4, 0.5) is 0 Å². The average molecular weight is 348 g/mol. The van der Waals surface area contributed by atoms with Crippen molar-refractivity contribution in [2.75, 3.05) is 13.6 Å². The number of sulfonamides is 1. The van der Waals surface area contributed by atoms with Gasteiger partial charge >= 0.3 is 0 Å². The second-order valence-electron chi connectivity index (χ2n) is 5.76. The van der Waals surface area contributed by atoms with Crippen LogP contribution < -0.4 is 10.0 Å². The fourth-order valence-corrected chi connectivity index (χ4v) is 3.31. The summed E-state index contributed by atoms with van der Waals surface area (Å²) in [7, 11) is -2.06. The van der Waals surface area contributed by atoms with Gasteiger partial charge in [-0.1, -0.05) is 23.8 Å². The van der Waals surface area contributed by atoms with E-state index in [2.05, 4.69) is 16.1 Å². The van der Waals surface area contributed by atoms with Gasteiger partial charge in [-0.15, -0.1) is 0 Å². The first-order valence-electron chi connectivity index (χ1n) is 8.19. The van der Waals surface area contributed by atoms with Gasteiger partial charge in [-0.05, 0) is 62.9 Å². The maximum absolute atomic E-state index is 11.8. The summed E-state index contributed by atoms with van der Waals surface area (Å²) >= 11 is 0. The molecule has 0 unspecified atom stereocenters. The fourth-order valence-electron chi connectivity index (χ4n) is 2.58. The minimum atomic E-state index is -3.43. The Morgan fingerprint density at radius 1 is 1.21 bits per heavy atom. The zero-order chi connectivity index (χ0) is 17.4. The molecule has 1 aliphatic carbocycles. The standard InChI is InChI=1S/C18H24N2O3S/c1-19-24(22,23)17-10-7-16(8-11-17)9-12-18(21)20-14-13-15-5-3-2-4-6-15/h5,7-12,19H,2-4,6,13-14H2,1H3,(H,20,21)/b12-9+. The molecule has 0 heterocycles. The number of carbonyl (C=O) groups excluding carboxylic acids is 1. The number of allylic oxidation sites excluding steroid dienone is 1. The molecule has 0 saturated heterocycles. The number of nitrogens with one attached hydrogen (secondary N) is 2. The van der Waals surface area contributed by atoms with Crippen LogP contribution in [-0.2, 0) is 14.8 Å². The molecule has 0 fully saturated rings. The highest BCUT2D eigenvalue weighted by molar-refractivity contribution is 7.89. The lowest BCUT2D eigenvalue weighted by Crippen LogP contribution is -2.22. The quantitative estimate of drug-likeness (QED) is 0.587. The smallest absolute Gasteiger partial charge is 0.244 e. The summed E-state index contributed by atoms with van der Waals surface area (Å²) in [5.74, 6) is -0.140. The molecule has 24 heavy (non-hydrogen) atoms. The van der Waals surface area contributed by atoms with Crippen molar-refractivity contribution in [2.45, 2.75) is 37.0 Å². The molecule has 130 valence electrons. The van der Waals surface area contributed by atoms with Crippen molar-refractivity contribution in [3.05, 3.63) is 47.6 Å². The SMILES string of the molecule is CNS(=O)(=O)c1ccc(/C=C/C(=O)NCCC2=CCCCC2)cc1. The van der Waals surface area contributed by atoms with Crippen LogP contribution in [0.25, 0.3) is 6.08 Å². The van der Waals surface area contributed by atoms with Crippen molar-refractivity contribution in [2.24, 2.45) is 0 Å². The molecular formula is C18H24N2O3S. The molecule has 1 aromatic rings. The summed E-state index contributed by atoms with van der Waals surface area (Å²) in [6, 6.07) is 6.36. The van der Waals surface area contributed by atoms with Gasteiger partial charge in [0.05, 0.1) is 4.90 Å². The second kappa shape index (κ2) is 8.80. The summed E-state index contributed by atoms with van der Waals surface area (Å²) in [5, 5.41) is 2.87. The molecule has 2 N–H and O–H groups in total. The third kappa shape index (κ3) is 5.62. The number of benzene rings is 1. The van der Waals surface area contributed by atoms with E-state index in [1.807, 2.05) is 0 Å². The molecule has 0 saturated carbocycles. The van der Waals surface area contributed by atoms with Gasteiger partial charge in [-0.3, -0.25) is 4.79 Å². The molecule has 5 nitrogen and oxygen atoms in total. The Labute approximate surface area is 143 Å². The molecule has 0 aliphatic heterocycles. The van der Waals surface area contributed by atoms with Crippen molar-refractivity contribution in [1.29, 1.82) is 0 Å². The van der Waals surface area contributed by atoms with Gasteiger partial charge in [0.15, 0.2) is 0 Å². The number of carbonyl (C=O) groups is 1. The molecule has 1 aromatic carbocycles. The zero-order valence-electron chi connectivity index (χ0n) is 13.9. The van der Waals surface area contributed by atoms with Gasteiger partial charge in [0.25, 0.3) is 0 Å². The predicted octanol–water partition coefficient (Wildman–Crippen LogP) is 2.61. The number of hydrogen-bond donors (Lipinski definition) is 2. The van der Waals surface area contributed by atoms with Crippen molar-refractivity contribution < 1.29 is 13.2 Å². The third-order valence-electron chi connectivity index (χ3n) is 4.02. The number of amides is 1. The van der Waals surface area contributed by atoms with E-state index in [4.69, 9.17) is 0 Å². The first-order valence-corrected chi connectivity index (χ1v) is 9.67. The van der Waals surface area contributed by atoms with Crippen molar-refractivity contribution in [1.82, 2.24) is 10.0 Å². The van der Waals surface area contributed by atoms with Gasteiger partial charge in [-0.25, -0.2) is 13.1 Å². The van der Waals surface area contributed by atoms with Crippen LogP contribution in [0, 0.1) is 0 Å². The Balaban J connectivity index is 1.81. The van der Waals surface area contributed by atoms with E-state index in [-0.39, 0.29) is 10.8 Å². The van der Waals surface area contributed by atoms with E-state index in [1.165, 1.54) is 43.7 Å². The fraction of sp³-hybridized carbons (Fsp3) is 0.389. The lowest BCUT2D eigenvalue weighted by molar-refractivity contribution is -0.116. The molecule has 6 heteroatoms. The minimum Gasteiger partial charge on any atom is -0.352 e. The molecule has 0 radical (unpaired) electrons. The molecule has 1 aliphatic rings. The van der Waals surface area contributed by atoms with Crippen molar-refractivity contribution in [3.63, 3.8) is 0 Å². The van der Waals surface area contributed by atoms with Gasteiger partial charge in [-0.2, -0.15) is 0 Å². The van der Waals surface area contributed by atoms with Crippen LogP contribution >= 0.6 is 0 Å². The van der Waals surface area contributed by atoms with Gasteiger partial charge in [0, 0.05) is 12.6 Å². The minimum absolute atomic E-state index is 0.140. The number of rotatable bonds is 7. The summed E-state index contributed by atoms with van der Waals surface area (Å²) < 4.78 is 25.5. The van der Waals surface area contributed by atoms with Crippen LogP contribution in [0.5, 0.6) is 0 Å².